The quantitative estimate of drug-likeness (QED) is 0.829. The average molecular weight is 298 g/mol. The number of hydrogen-bond donors (Lipinski definition) is 2. The molecule has 6 heteroatoms. The molecule has 0 saturated carbocycles. The highest BCUT2D eigenvalue weighted by atomic mass is 35.5. The molecule has 1 aliphatic heterocycles. The van der Waals surface area contributed by atoms with Crippen molar-refractivity contribution in [3.8, 4) is 0 Å². The number of nitrogen functional groups attached to an aromatic ring is 1. The Bertz CT molecular complexity index is 505. The van der Waals surface area contributed by atoms with E-state index < -0.39 is 6.04 Å². The summed E-state index contributed by atoms with van der Waals surface area (Å²) in [6, 6.07) is 6.58. The van der Waals surface area contributed by atoms with Crippen LogP contribution in [0.2, 0.25) is 0 Å². The maximum absolute atomic E-state index is 12.1. The van der Waals surface area contributed by atoms with Crippen LogP contribution < -0.4 is 11.1 Å². The Hall–Kier alpha value is -1.75. The van der Waals surface area contributed by atoms with Gasteiger partial charge in [0.1, 0.15) is 6.04 Å². The lowest BCUT2D eigenvalue weighted by Crippen LogP contribution is -2.43. The zero-order chi connectivity index (χ0) is 14.0. The Kier molecular flexibility index (Phi) is 5.39. The van der Waals surface area contributed by atoms with Crippen LogP contribution in [0.25, 0.3) is 0 Å². The second-order valence-electron chi connectivity index (χ2n) is 5.03. The van der Waals surface area contributed by atoms with Crippen molar-refractivity contribution < 1.29 is 9.59 Å². The fraction of sp³-hybridized carbons (Fsp3) is 0.429. The molecule has 1 aromatic carbocycles. The van der Waals surface area contributed by atoms with Gasteiger partial charge in [-0.25, -0.2) is 0 Å². The molecule has 1 aliphatic rings. The molecule has 2 amide bonds. The van der Waals surface area contributed by atoms with E-state index >= 15 is 0 Å². The van der Waals surface area contributed by atoms with E-state index in [2.05, 4.69) is 5.32 Å². The van der Waals surface area contributed by atoms with Gasteiger partial charge in [0.2, 0.25) is 5.91 Å². The van der Waals surface area contributed by atoms with Crippen molar-refractivity contribution in [2.45, 2.75) is 32.4 Å². The molecule has 3 N–H and O–H groups in total. The number of hydrogen-bond acceptors (Lipinski definition) is 3. The molecule has 0 aromatic heterocycles. The number of amides is 2. The number of nitrogens with two attached hydrogens (primary N) is 1. The van der Waals surface area contributed by atoms with Crippen LogP contribution in [0.1, 0.15) is 30.6 Å². The predicted molar refractivity (Wildman–Crippen MR) is 80.8 cm³/mol. The number of nitrogens with zero attached hydrogens (tertiary/aromatic N) is 1. The van der Waals surface area contributed by atoms with E-state index in [0.717, 1.165) is 0 Å². The SMILES string of the molecule is CC(C)N1CCC(NC(=O)c2ccccc2N)C1=O.Cl. The minimum atomic E-state index is -0.436. The summed E-state index contributed by atoms with van der Waals surface area (Å²) in [5.74, 6) is -0.306. The molecule has 20 heavy (non-hydrogen) atoms. The van der Waals surface area contributed by atoms with Gasteiger partial charge in [0, 0.05) is 18.3 Å². The van der Waals surface area contributed by atoms with Gasteiger partial charge in [0.25, 0.3) is 5.91 Å². The Balaban J connectivity index is 0.00000200. The summed E-state index contributed by atoms with van der Waals surface area (Å²) in [5.41, 5.74) is 6.59. The molecule has 1 heterocycles. The highest BCUT2D eigenvalue weighted by Crippen LogP contribution is 2.16. The van der Waals surface area contributed by atoms with Crippen molar-refractivity contribution >= 4 is 29.9 Å². The molecule has 1 atom stereocenters. The van der Waals surface area contributed by atoms with E-state index in [4.69, 9.17) is 5.73 Å². The zero-order valence-corrected chi connectivity index (χ0v) is 12.4. The molecule has 1 unspecified atom stereocenters. The number of rotatable bonds is 3. The normalized spacial score (nSPS) is 18.1. The third-order valence-electron chi connectivity index (χ3n) is 3.37. The van der Waals surface area contributed by atoms with Crippen LogP contribution >= 0.6 is 12.4 Å². The van der Waals surface area contributed by atoms with Crippen LogP contribution in [0, 0.1) is 0 Å². The van der Waals surface area contributed by atoms with E-state index in [9.17, 15) is 9.59 Å². The van der Waals surface area contributed by atoms with Crippen LogP contribution in [0.15, 0.2) is 24.3 Å². The number of halogens is 1. The number of benzene rings is 1. The van der Waals surface area contributed by atoms with Crippen molar-refractivity contribution in [3.63, 3.8) is 0 Å². The van der Waals surface area contributed by atoms with Crippen molar-refractivity contribution in [1.29, 1.82) is 0 Å². The van der Waals surface area contributed by atoms with Gasteiger partial charge in [-0.2, -0.15) is 0 Å². The van der Waals surface area contributed by atoms with E-state index in [1.165, 1.54) is 0 Å². The Morgan fingerprint density at radius 3 is 2.60 bits per heavy atom. The number of nitrogens with one attached hydrogen (secondary N) is 1. The zero-order valence-electron chi connectivity index (χ0n) is 11.6. The van der Waals surface area contributed by atoms with Crippen molar-refractivity contribution in [1.82, 2.24) is 10.2 Å². The maximum atomic E-state index is 12.1. The van der Waals surface area contributed by atoms with Gasteiger partial charge in [0.05, 0.1) is 5.56 Å². The van der Waals surface area contributed by atoms with Crippen molar-refractivity contribution in [2.75, 3.05) is 12.3 Å². The van der Waals surface area contributed by atoms with Gasteiger partial charge in [-0.1, -0.05) is 12.1 Å². The fourth-order valence-electron chi connectivity index (χ4n) is 2.29. The monoisotopic (exact) mass is 297 g/mol. The Morgan fingerprint density at radius 2 is 2.05 bits per heavy atom. The number of likely N-dealkylation sites (tertiary alicyclic amines) is 1. The molecular formula is C14H20ClN3O2. The largest absolute Gasteiger partial charge is 0.398 e. The van der Waals surface area contributed by atoms with E-state index in [1.54, 1.807) is 29.2 Å². The molecule has 1 saturated heterocycles. The smallest absolute Gasteiger partial charge is 0.254 e. The first-order chi connectivity index (χ1) is 9.00. The third-order valence-corrected chi connectivity index (χ3v) is 3.37. The molecule has 0 spiro atoms. The molecule has 110 valence electrons. The lowest BCUT2D eigenvalue weighted by molar-refractivity contribution is -0.130. The summed E-state index contributed by atoms with van der Waals surface area (Å²) in [6.07, 6.45) is 0.648. The van der Waals surface area contributed by atoms with Crippen LogP contribution in [-0.2, 0) is 4.79 Å². The third kappa shape index (κ3) is 3.22. The fourth-order valence-corrected chi connectivity index (χ4v) is 2.29. The average Bonchev–Trinajstić information content (AvgIpc) is 2.71. The van der Waals surface area contributed by atoms with Gasteiger partial charge in [-0.15, -0.1) is 12.4 Å². The summed E-state index contributed by atoms with van der Waals surface area (Å²) < 4.78 is 0. The first-order valence-corrected chi connectivity index (χ1v) is 6.46. The molecular weight excluding hydrogens is 278 g/mol. The molecule has 5 nitrogen and oxygen atoms in total. The molecule has 0 bridgehead atoms. The number of carbonyl (C=O) groups is 2. The van der Waals surface area contributed by atoms with Gasteiger partial charge in [0.15, 0.2) is 0 Å². The van der Waals surface area contributed by atoms with E-state index in [-0.39, 0.29) is 30.3 Å². The molecule has 1 aromatic rings. The lowest BCUT2D eigenvalue weighted by atomic mass is 10.1. The van der Waals surface area contributed by atoms with Crippen molar-refractivity contribution in [2.24, 2.45) is 0 Å². The lowest BCUT2D eigenvalue weighted by Gasteiger charge is -2.21. The van der Waals surface area contributed by atoms with Gasteiger partial charge >= 0.3 is 0 Å². The van der Waals surface area contributed by atoms with Gasteiger partial charge < -0.3 is 16.0 Å². The first kappa shape index (κ1) is 16.3. The molecule has 0 aliphatic carbocycles. The minimum absolute atomic E-state index is 0. The Morgan fingerprint density at radius 1 is 1.40 bits per heavy atom. The number of carbonyl (C=O) groups excluding carboxylic acids is 2. The Labute approximate surface area is 124 Å². The second kappa shape index (κ2) is 6.61. The summed E-state index contributed by atoms with van der Waals surface area (Å²) >= 11 is 0. The maximum Gasteiger partial charge on any atom is 0.254 e. The minimum Gasteiger partial charge on any atom is -0.398 e. The standard InChI is InChI=1S/C14H19N3O2.ClH/c1-9(2)17-8-7-12(14(17)19)16-13(18)10-5-3-4-6-11(10)15;/h3-6,9,12H,7-8,15H2,1-2H3,(H,16,18);1H. The summed E-state index contributed by atoms with van der Waals surface area (Å²) in [4.78, 5) is 25.9. The number of anilines is 1. The van der Waals surface area contributed by atoms with E-state index in [0.29, 0.717) is 24.2 Å². The predicted octanol–water partition coefficient (Wildman–Crippen LogP) is 1.43. The van der Waals surface area contributed by atoms with Gasteiger partial charge in [-0.05, 0) is 32.4 Å². The van der Waals surface area contributed by atoms with Crippen LogP contribution in [0.3, 0.4) is 0 Å². The highest BCUT2D eigenvalue weighted by Gasteiger charge is 2.34. The molecule has 1 fully saturated rings. The summed E-state index contributed by atoms with van der Waals surface area (Å²) in [7, 11) is 0. The molecule has 2 rings (SSSR count). The van der Waals surface area contributed by atoms with Crippen LogP contribution in [0.5, 0.6) is 0 Å². The van der Waals surface area contributed by atoms with Crippen LogP contribution in [0.4, 0.5) is 5.69 Å². The molecule has 0 radical (unpaired) electrons. The first-order valence-electron chi connectivity index (χ1n) is 6.46. The van der Waals surface area contributed by atoms with Crippen LogP contribution in [-0.4, -0.2) is 35.3 Å². The summed E-state index contributed by atoms with van der Waals surface area (Å²) in [6.45, 7) is 4.63. The van der Waals surface area contributed by atoms with E-state index in [1.807, 2.05) is 13.8 Å². The van der Waals surface area contributed by atoms with Crippen molar-refractivity contribution in [3.05, 3.63) is 29.8 Å². The number of para-hydroxylation sites is 1. The highest BCUT2D eigenvalue weighted by molar-refractivity contribution is 6.01. The topological polar surface area (TPSA) is 75.4 Å². The second-order valence-corrected chi connectivity index (χ2v) is 5.03. The summed E-state index contributed by atoms with van der Waals surface area (Å²) in [5, 5.41) is 2.76. The van der Waals surface area contributed by atoms with Gasteiger partial charge in [-0.3, -0.25) is 9.59 Å².